The van der Waals surface area contributed by atoms with Gasteiger partial charge in [-0.05, 0) is 18.1 Å². The van der Waals surface area contributed by atoms with Crippen LogP contribution in [0.15, 0.2) is 29.6 Å². The van der Waals surface area contributed by atoms with Crippen LogP contribution in [0.5, 0.6) is 0 Å². The highest BCUT2D eigenvalue weighted by molar-refractivity contribution is 7.13. The second-order valence-electron chi connectivity index (χ2n) is 5.38. The Kier molecular flexibility index (Phi) is 5.24. The van der Waals surface area contributed by atoms with Crippen LogP contribution in [0, 0.1) is 16.0 Å². The number of benzene rings is 1. The summed E-state index contributed by atoms with van der Waals surface area (Å²) in [5.41, 5.74) is 0.720. The van der Waals surface area contributed by atoms with Crippen molar-refractivity contribution in [1.29, 1.82) is 0 Å². The summed E-state index contributed by atoms with van der Waals surface area (Å²) in [4.78, 5) is 37.6. The van der Waals surface area contributed by atoms with Gasteiger partial charge in [0, 0.05) is 23.1 Å². The number of nitro groups is 1. The van der Waals surface area contributed by atoms with E-state index in [4.69, 9.17) is 5.11 Å². The molecule has 0 fully saturated rings. The summed E-state index contributed by atoms with van der Waals surface area (Å²) in [6.45, 7) is 3.39. The van der Waals surface area contributed by atoms with Crippen LogP contribution in [0.4, 0.5) is 5.69 Å². The van der Waals surface area contributed by atoms with E-state index in [1.54, 1.807) is 26.0 Å². The van der Waals surface area contributed by atoms with Crippen molar-refractivity contribution < 1.29 is 19.6 Å². The van der Waals surface area contributed by atoms with E-state index in [0.29, 0.717) is 10.6 Å². The Balaban J connectivity index is 2.16. The summed E-state index contributed by atoms with van der Waals surface area (Å²) in [5.74, 6) is -1.94. The number of carboxylic acid groups (broad SMARTS) is 1. The van der Waals surface area contributed by atoms with Crippen LogP contribution in [0.1, 0.15) is 24.3 Å². The minimum Gasteiger partial charge on any atom is -0.480 e. The number of nitrogens with one attached hydrogen (secondary N) is 1. The number of aromatic nitrogens is 1. The van der Waals surface area contributed by atoms with Crippen molar-refractivity contribution in [3.05, 3.63) is 45.5 Å². The highest BCUT2D eigenvalue weighted by Gasteiger charge is 2.25. The lowest BCUT2D eigenvalue weighted by atomic mass is 10.0. The average molecular weight is 349 g/mol. The lowest BCUT2D eigenvalue weighted by molar-refractivity contribution is -0.384. The summed E-state index contributed by atoms with van der Waals surface area (Å²) < 4.78 is 0. The Morgan fingerprint density at radius 1 is 1.29 bits per heavy atom. The molecule has 0 aliphatic rings. The number of hydrogen-bond acceptors (Lipinski definition) is 6. The zero-order valence-corrected chi connectivity index (χ0v) is 13.7. The SMILES string of the molecule is CC(C)[C@@H](NC(=O)c1csc(-c2ccc([N+](=O)[O-])cc2)n1)C(=O)O. The molecule has 8 nitrogen and oxygen atoms in total. The average Bonchev–Trinajstić information content (AvgIpc) is 3.01. The topological polar surface area (TPSA) is 122 Å². The maximum Gasteiger partial charge on any atom is 0.326 e. The van der Waals surface area contributed by atoms with Crippen LogP contribution in [-0.4, -0.2) is 32.9 Å². The number of carboxylic acids is 1. The van der Waals surface area contributed by atoms with E-state index < -0.39 is 22.8 Å². The van der Waals surface area contributed by atoms with Gasteiger partial charge in [0.2, 0.25) is 0 Å². The first-order valence-corrected chi connectivity index (χ1v) is 7.91. The minimum atomic E-state index is -1.11. The van der Waals surface area contributed by atoms with Crippen LogP contribution in [0.25, 0.3) is 10.6 Å². The van der Waals surface area contributed by atoms with E-state index in [1.165, 1.54) is 28.8 Å². The van der Waals surface area contributed by atoms with Crippen molar-refractivity contribution in [2.45, 2.75) is 19.9 Å². The molecule has 1 amide bonds. The summed E-state index contributed by atoms with van der Waals surface area (Å²) in [7, 11) is 0. The number of thiazole rings is 1. The van der Waals surface area contributed by atoms with Crippen molar-refractivity contribution in [2.24, 2.45) is 5.92 Å². The van der Waals surface area contributed by atoms with E-state index in [9.17, 15) is 19.7 Å². The second-order valence-corrected chi connectivity index (χ2v) is 6.23. The van der Waals surface area contributed by atoms with Crippen molar-refractivity contribution in [1.82, 2.24) is 10.3 Å². The van der Waals surface area contributed by atoms with E-state index in [1.807, 2.05) is 0 Å². The fourth-order valence-corrected chi connectivity index (χ4v) is 2.77. The molecule has 2 N–H and O–H groups in total. The van der Waals surface area contributed by atoms with Gasteiger partial charge in [-0.25, -0.2) is 9.78 Å². The van der Waals surface area contributed by atoms with E-state index in [0.717, 1.165) is 0 Å². The lowest BCUT2D eigenvalue weighted by Gasteiger charge is -2.16. The third-order valence-corrected chi connectivity index (χ3v) is 4.17. The molecule has 0 bridgehead atoms. The molecule has 0 aliphatic carbocycles. The minimum absolute atomic E-state index is 0.0329. The number of rotatable bonds is 6. The predicted molar refractivity (Wildman–Crippen MR) is 87.9 cm³/mol. The first-order valence-electron chi connectivity index (χ1n) is 7.03. The van der Waals surface area contributed by atoms with Crippen molar-refractivity contribution >= 4 is 28.9 Å². The van der Waals surface area contributed by atoms with Crippen molar-refractivity contribution in [3.8, 4) is 10.6 Å². The Hall–Kier alpha value is -2.81. The van der Waals surface area contributed by atoms with E-state index >= 15 is 0 Å². The number of non-ortho nitro benzene ring substituents is 1. The van der Waals surface area contributed by atoms with Crippen LogP contribution in [0.2, 0.25) is 0 Å². The summed E-state index contributed by atoms with van der Waals surface area (Å²) >= 11 is 1.20. The molecule has 0 unspecified atom stereocenters. The molecule has 2 rings (SSSR count). The van der Waals surface area contributed by atoms with Gasteiger partial charge in [-0.15, -0.1) is 11.3 Å². The molecule has 126 valence electrons. The van der Waals surface area contributed by atoms with Gasteiger partial charge in [0.15, 0.2) is 0 Å². The van der Waals surface area contributed by atoms with Gasteiger partial charge in [-0.2, -0.15) is 0 Å². The summed E-state index contributed by atoms with van der Waals surface area (Å²) in [6.07, 6.45) is 0. The van der Waals surface area contributed by atoms with Crippen LogP contribution >= 0.6 is 11.3 Å². The molecule has 24 heavy (non-hydrogen) atoms. The number of nitro benzene ring substituents is 1. The standard InChI is InChI=1S/C15H15N3O5S/c1-8(2)12(15(20)21)17-13(19)11-7-24-14(16-11)9-3-5-10(6-4-9)18(22)23/h3-8,12H,1-2H3,(H,17,19)(H,20,21)/t12-/m1/s1. The van der Waals surface area contributed by atoms with Crippen molar-refractivity contribution in [3.63, 3.8) is 0 Å². The Labute approximate surface area is 141 Å². The molecule has 1 atom stereocenters. The first kappa shape index (κ1) is 17.5. The van der Waals surface area contributed by atoms with Crippen LogP contribution in [-0.2, 0) is 4.79 Å². The van der Waals surface area contributed by atoms with Gasteiger partial charge in [-0.1, -0.05) is 13.8 Å². The Bertz CT molecular complexity index is 770. The van der Waals surface area contributed by atoms with Crippen molar-refractivity contribution in [2.75, 3.05) is 0 Å². The van der Waals surface area contributed by atoms with Gasteiger partial charge in [0.05, 0.1) is 4.92 Å². The third kappa shape index (κ3) is 3.93. The molecular weight excluding hydrogens is 334 g/mol. The third-order valence-electron chi connectivity index (χ3n) is 3.28. The predicted octanol–water partition coefficient (Wildman–Crippen LogP) is 2.56. The number of carbonyl (C=O) groups is 2. The quantitative estimate of drug-likeness (QED) is 0.610. The molecule has 0 saturated heterocycles. The smallest absolute Gasteiger partial charge is 0.326 e. The Morgan fingerprint density at radius 2 is 1.92 bits per heavy atom. The molecular formula is C15H15N3O5S. The highest BCUT2D eigenvalue weighted by Crippen LogP contribution is 2.25. The lowest BCUT2D eigenvalue weighted by Crippen LogP contribution is -2.44. The maximum atomic E-state index is 12.1. The summed E-state index contributed by atoms with van der Waals surface area (Å²) in [5, 5.41) is 24.2. The molecule has 0 aliphatic heterocycles. The fraction of sp³-hybridized carbons (Fsp3) is 0.267. The largest absolute Gasteiger partial charge is 0.480 e. The van der Waals surface area contributed by atoms with Gasteiger partial charge in [0.25, 0.3) is 11.6 Å². The van der Waals surface area contributed by atoms with Crippen LogP contribution in [0.3, 0.4) is 0 Å². The van der Waals surface area contributed by atoms with Gasteiger partial charge in [0.1, 0.15) is 16.7 Å². The number of aliphatic carboxylic acids is 1. The maximum absolute atomic E-state index is 12.1. The monoisotopic (exact) mass is 349 g/mol. The Morgan fingerprint density at radius 3 is 2.42 bits per heavy atom. The van der Waals surface area contributed by atoms with Gasteiger partial charge >= 0.3 is 5.97 Å². The zero-order chi connectivity index (χ0) is 17.9. The van der Waals surface area contributed by atoms with Gasteiger partial charge in [-0.3, -0.25) is 14.9 Å². The first-order chi connectivity index (χ1) is 11.3. The molecule has 1 aromatic carbocycles. The highest BCUT2D eigenvalue weighted by atomic mass is 32.1. The summed E-state index contributed by atoms with van der Waals surface area (Å²) in [6, 6.07) is 4.81. The molecule has 1 aromatic heterocycles. The second kappa shape index (κ2) is 7.18. The number of hydrogen-bond donors (Lipinski definition) is 2. The fourth-order valence-electron chi connectivity index (χ4n) is 1.97. The molecule has 1 heterocycles. The zero-order valence-electron chi connectivity index (χ0n) is 12.9. The normalized spacial score (nSPS) is 12.0. The molecule has 0 spiro atoms. The number of amides is 1. The molecule has 2 aromatic rings. The molecule has 0 saturated carbocycles. The number of carbonyl (C=O) groups excluding carboxylic acids is 1. The van der Waals surface area contributed by atoms with Crippen LogP contribution < -0.4 is 5.32 Å². The molecule has 0 radical (unpaired) electrons. The number of nitrogens with zero attached hydrogens (tertiary/aromatic N) is 2. The van der Waals surface area contributed by atoms with E-state index in [2.05, 4.69) is 10.3 Å². The molecule has 9 heteroatoms. The van der Waals surface area contributed by atoms with Gasteiger partial charge < -0.3 is 10.4 Å². The van der Waals surface area contributed by atoms with E-state index in [-0.39, 0.29) is 17.3 Å².